The summed E-state index contributed by atoms with van der Waals surface area (Å²) in [6.07, 6.45) is -4.03. The van der Waals surface area contributed by atoms with Crippen molar-refractivity contribution in [1.82, 2.24) is 8.87 Å². The summed E-state index contributed by atoms with van der Waals surface area (Å²) in [6.45, 7) is 0.525. The molecular formula is C27H22ClF3N2O4S. The molecule has 5 rings (SSSR count). The standard InChI is InChI=1S/C27H22ClF3N2O4S/c28-20-7-11-22(12-8-20)38(35,36)33-24-4-2-1-3-18(24)15-25(33)23-16-32(17-34)14-13-26(23)37-21-9-5-19(6-10-21)27(29,30)31/h1-12,15,17,23,26H,13-14,16H2. The zero-order valence-corrected chi connectivity index (χ0v) is 21.4. The molecule has 2 atom stereocenters. The molecule has 2 heterocycles. The first-order chi connectivity index (χ1) is 18.1. The summed E-state index contributed by atoms with van der Waals surface area (Å²) in [6, 6.07) is 18.9. The Morgan fingerprint density at radius 3 is 2.32 bits per heavy atom. The maximum Gasteiger partial charge on any atom is 0.416 e. The minimum Gasteiger partial charge on any atom is -0.490 e. The number of likely N-dealkylation sites (tertiary alicyclic amines) is 1. The van der Waals surface area contributed by atoms with Gasteiger partial charge < -0.3 is 9.64 Å². The van der Waals surface area contributed by atoms with E-state index in [-0.39, 0.29) is 17.2 Å². The summed E-state index contributed by atoms with van der Waals surface area (Å²) in [5.74, 6) is -0.374. The molecule has 1 saturated heterocycles. The van der Waals surface area contributed by atoms with Crippen molar-refractivity contribution in [2.24, 2.45) is 0 Å². The van der Waals surface area contributed by atoms with Crippen LogP contribution in [0.25, 0.3) is 10.9 Å². The number of alkyl halides is 3. The molecule has 1 aliphatic heterocycles. The lowest BCUT2D eigenvalue weighted by atomic mass is 9.91. The van der Waals surface area contributed by atoms with Crippen LogP contribution in [0.3, 0.4) is 0 Å². The first kappa shape index (κ1) is 26.1. The molecule has 0 radical (unpaired) electrons. The van der Waals surface area contributed by atoms with Gasteiger partial charge in [-0.15, -0.1) is 0 Å². The van der Waals surface area contributed by atoms with Gasteiger partial charge in [-0.2, -0.15) is 13.2 Å². The summed E-state index contributed by atoms with van der Waals surface area (Å²) in [7, 11) is -4.09. The van der Waals surface area contributed by atoms with Crippen molar-refractivity contribution < 1.29 is 31.1 Å². The number of nitrogens with zero attached hydrogens (tertiary/aromatic N) is 2. The van der Waals surface area contributed by atoms with Crippen LogP contribution in [0.5, 0.6) is 5.75 Å². The van der Waals surface area contributed by atoms with Crippen molar-refractivity contribution in [3.05, 3.63) is 95.1 Å². The molecule has 0 aliphatic carbocycles. The average molecular weight is 563 g/mol. The summed E-state index contributed by atoms with van der Waals surface area (Å²) in [4.78, 5) is 13.3. The highest BCUT2D eigenvalue weighted by molar-refractivity contribution is 7.90. The number of hydrogen-bond acceptors (Lipinski definition) is 4. The van der Waals surface area contributed by atoms with Crippen LogP contribution in [0.4, 0.5) is 13.2 Å². The van der Waals surface area contributed by atoms with Gasteiger partial charge in [-0.3, -0.25) is 4.79 Å². The number of para-hydroxylation sites is 1. The average Bonchev–Trinajstić information content (AvgIpc) is 3.29. The topological polar surface area (TPSA) is 68.6 Å². The second kappa shape index (κ2) is 9.99. The minimum atomic E-state index is -4.48. The quantitative estimate of drug-likeness (QED) is 0.273. The van der Waals surface area contributed by atoms with Crippen LogP contribution in [0.2, 0.25) is 5.02 Å². The molecular weight excluding hydrogens is 541 g/mol. The highest BCUT2D eigenvalue weighted by Crippen LogP contribution is 2.37. The smallest absolute Gasteiger partial charge is 0.416 e. The number of ether oxygens (including phenoxy) is 1. The molecule has 38 heavy (non-hydrogen) atoms. The van der Waals surface area contributed by atoms with Crippen LogP contribution in [-0.2, 0) is 21.0 Å². The van der Waals surface area contributed by atoms with Crippen LogP contribution < -0.4 is 4.74 Å². The third-order valence-electron chi connectivity index (χ3n) is 6.62. The maximum absolute atomic E-state index is 13.9. The van der Waals surface area contributed by atoms with Gasteiger partial charge >= 0.3 is 6.18 Å². The predicted molar refractivity (Wildman–Crippen MR) is 137 cm³/mol. The molecule has 0 N–H and O–H groups in total. The molecule has 0 bridgehead atoms. The Bertz CT molecular complexity index is 1570. The number of carbonyl (C=O) groups excluding carboxylic acids is 1. The van der Waals surface area contributed by atoms with Crippen molar-refractivity contribution in [1.29, 1.82) is 0 Å². The lowest BCUT2D eigenvalue weighted by Gasteiger charge is -2.37. The second-order valence-corrected chi connectivity index (χ2v) is 11.2. The number of fused-ring (bicyclic) bond motifs is 1. The molecule has 1 fully saturated rings. The normalized spacial score (nSPS) is 18.5. The fourth-order valence-corrected chi connectivity index (χ4v) is 6.47. The van der Waals surface area contributed by atoms with Gasteiger partial charge in [-0.05, 0) is 60.7 Å². The second-order valence-electron chi connectivity index (χ2n) is 9.03. The van der Waals surface area contributed by atoms with E-state index in [1.807, 2.05) is 0 Å². The predicted octanol–water partition coefficient (Wildman–Crippen LogP) is 5.94. The van der Waals surface area contributed by atoms with E-state index in [1.54, 1.807) is 30.3 Å². The van der Waals surface area contributed by atoms with Gasteiger partial charge in [0.1, 0.15) is 11.9 Å². The third-order valence-corrected chi connectivity index (χ3v) is 8.63. The molecule has 198 valence electrons. The molecule has 6 nitrogen and oxygen atoms in total. The fourth-order valence-electron chi connectivity index (χ4n) is 4.76. The molecule has 1 aromatic heterocycles. The van der Waals surface area contributed by atoms with E-state index in [0.717, 1.165) is 12.1 Å². The number of hydrogen-bond donors (Lipinski definition) is 0. The van der Waals surface area contributed by atoms with Crippen LogP contribution in [0.15, 0.2) is 83.8 Å². The van der Waals surface area contributed by atoms with Crippen LogP contribution in [0, 0.1) is 0 Å². The Balaban J connectivity index is 1.60. The highest BCUT2D eigenvalue weighted by Gasteiger charge is 2.37. The highest BCUT2D eigenvalue weighted by atomic mass is 35.5. The Morgan fingerprint density at radius 1 is 0.974 bits per heavy atom. The van der Waals surface area contributed by atoms with Crippen molar-refractivity contribution in [3.63, 3.8) is 0 Å². The van der Waals surface area contributed by atoms with Gasteiger partial charge in [0.25, 0.3) is 10.0 Å². The number of benzene rings is 3. The first-order valence-corrected chi connectivity index (χ1v) is 13.5. The molecule has 0 saturated carbocycles. The molecule has 4 aromatic rings. The number of carbonyl (C=O) groups is 1. The van der Waals surface area contributed by atoms with Gasteiger partial charge in [0, 0.05) is 35.6 Å². The molecule has 2 unspecified atom stereocenters. The summed E-state index contributed by atoms with van der Waals surface area (Å²) >= 11 is 5.98. The largest absolute Gasteiger partial charge is 0.490 e. The van der Waals surface area contributed by atoms with Crippen LogP contribution in [0.1, 0.15) is 23.6 Å². The summed E-state index contributed by atoms with van der Waals surface area (Å²) < 4.78 is 74.3. The molecule has 1 aliphatic rings. The molecule has 0 spiro atoms. The number of aromatic nitrogens is 1. The van der Waals surface area contributed by atoms with E-state index in [9.17, 15) is 26.4 Å². The maximum atomic E-state index is 13.9. The van der Waals surface area contributed by atoms with Crippen molar-refractivity contribution in [2.45, 2.75) is 29.5 Å². The zero-order valence-electron chi connectivity index (χ0n) is 19.8. The van der Waals surface area contributed by atoms with Gasteiger partial charge in [0.15, 0.2) is 0 Å². The third kappa shape index (κ3) is 4.98. The van der Waals surface area contributed by atoms with Crippen LogP contribution in [-0.4, -0.2) is 42.9 Å². The van der Waals surface area contributed by atoms with Gasteiger partial charge in [0.05, 0.1) is 21.9 Å². The van der Waals surface area contributed by atoms with E-state index in [2.05, 4.69) is 0 Å². The number of amides is 1. The van der Waals surface area contributed by atoms with Crippen molar-refractivity contribution in [2.75, 3.05) is 13.1 Å². The Labute approximate surface area is 222 Å². The minimum absolute atomic E-state index is 0.0350. The van der Waals surface area contributed by atoms with E-state index in [4.69, 9.17) is 16.3 Å². The lowest BCUT2D eigenvalue weighted by Crippen LogP contribution is -2.44. The van der Waals surface area contributed by atoms with Gasteiger partial charge in [0.2, 0.25) is 6.41 Å². The SMILES string of the molecule is O=CN1CCC(Oc2ccc(C(F)(F)F)cc2)C(c2cc3ccccc3n2S(=O)(=O)c2ccc(Cl)cc2)C1. The summed E-state index contributed by atoms with van der Waals surface area (Å²) in [5, 5.41) is 1.07. The molecule has 11 heteroatoms. The lowest BCUT2D eigenvalue weighted by molar-refractivity contribution is -0.137. The Morgan fingerprint density at radius 2 is 1.66 bits per heavy atom. The molecule has 1 amide bonds. The van der Waals surface area contributed by atoms with E-state index in [1.165, 1.54) is 45.3 Å². The van der Waals surface area contributed by atoms with E-state index < -0.39 is 33.8 Å². The van der Waals surface area contributed by atoms with Gasteiger partial charge in [-0.25, -0.2) is 12.4 Å². The van der Waals surface area contributed by atoms with Crippen LogP contribution >= 0.6 is 11.6 Å². The first-order valence-electron chi connectivity index (χ1n) is 11.7. The Hall–Kier alpha value is -3.50. The number of piperidine rings is 1. The molecule has 3 aromatic carbocycles. The van der Waals surface area contributed by atoms with Crippen molar-refractivity contribution in [3.8, 4) is 5.75 Å². The van der Waals surface area contributed by atoms with E-state index >= 15 is 0 Å². The number of rotatable bonds is 6. The fraction of sp³-hybridized carbons (Fsp3) is 0.222. The van der Waals surface area contributed by atoms with Crippen molar-refractivity contribution >= 4 is 38.9 Å². The Kier molecular flexibility index (Phi) is 6.87. The zero-order chi connectivity index (χ0) is 27.1. The summed E-state index contributed by atoms with van der Waals surface area (Å²) in [5.41, 5.74) is 0.0601. The van der Waals surface area contributed by atoms with Gasteiger partial charge in [-0.1, -0.05) is 29.8 Å². The van der Waals surface area contributed by atoms with E-state index in [0.29, 0.717) is 41.0 Å². The monoisotopic (exact) mass is 562 g/mol. The number of halogens is 4.